The number of ether oxygens (including phenoxy) is 2. The molecule has 0 bridgehead atoms. The zero-order valence-corrected chi connectivity index (χ0v) is 14.7. The summed E-state index contributed by atoms with van der Waals surface area (Å²) in [6.07, 6.45) is 0. The molecule has 0 spiro atoms. The fourth-order valence-electron chi connectivity index (χ4n) is 1.84. The lowest BCUT2D eigenvalue weighted by atomic mass is 10.3. The van der Waals surface area contributed by atoms with Gasteiger partial charge in [0.05, 0.1) is 19.4 Å². The van der Waals surface area contributed by atoms with Gasteiger partial charge < -0.3 is 20.6 Å². The summed E-state index contributed by atoms with van der Waals surface area (Å²) in [5, 5.41) is 10.4. The molecule has 0 radical (unpaired) electrons. The van der Waals surface area contributed by atoms with E-state index in [1.165, 1.54) is 6.92 Å². The molecule has 10 heteroatoms. The van der Waals surface area contributed by atoms with Crippen molar-refractivity contribution in [2.45, 2.75) is 12.1 Å². The molecule has 134 valence electrons. The topological polar surface area (TPSA) is 121 Å². The highest BCUT2D eigenvalue weighted by molar-refractivity contribution is 7.99. The largest absolute Gasteiger partial charge is 0.493 e. The number of carbonyl (C=O) groups is 1. The Bertz CT molecular complexity index is 796. The van der Waals surface area contributed by atoms with Crippen LogP contribution in [0.3, 0.4) is 0 Å². The van der Waals surface area contributed by atoms with Gasteiger partial charge in [-0.2, -0.15) is 4.68 Å². The van der Waals surface area contributed by atoms with Gasteiger partial charge in [-0.3, -0.25) is 9.59 Å². The lowest BCUT2D eigenvalue weighted by molar-refractivity contribution is -0.118. The van der Waals surface area contributed by atoms with Gasteiger partial charge in [-0.15, -0.1) is 10.2 Å². The van der Waals surface area contributed by atoms with Gasteiger partial charge in [0, 0.05) is 0 Å². The number of benzene rings is 1. The number of para-hydroxylation sites is 2. The van der Waals surface area contributed by atoms with Crippen molar-refractivity contribution in [1.82, 2.24) is 20.2 Å². The summed E-state index contributed by atoms with van der Waals surface area (Å²) in [4.78, 5) is 23.5. The first-order valence-electron chi connectivity index (χ1n) is 7.39. The Morgan fingerprint density at radius 1 is 1.32 bits per heavy atom. The molecular formula is C15H19N5O4S. The summed E-state index contributed by atoms with van der Waals surface area (Å²) in [5.41, 5.74) is -0.243. The Labute approximate surface area is 148 Å². The maximum atomic E-state index is 11.8. The van der Waals surface area contributed by atoms with Gasteiger partial charge in [0.15, 0.2) is 11.5 Å². The summed E-state index contributed by atoms with van der Waals surface area (Å²) < 4.78 is 11.6. The van der Waals surface area contributed by atoms with E-state index in [9.17, 15) is 9.59 Å². The number of hydrogen-bond acceptors (Lipinski definition) is 8. The fraction of sp³-hybridized carbons (Fsp3) is 0.333. The number of methoxy groups -OCH3 is 1. The Kier molecular flexibility index (Phi) is 6.63. The van der Waals surface area contributed by atoms with Crippen molar-refractivity contribution in [3.05, 3.63) is 40.3 Å². The first-order valence-corrected chi connectivity index (χ1v) is 8.38. The Balaban J connectivity index is 1.74. The quantitative estimate of drug-likeness (QED) is 0.380. The van der Waals surface area contributed by atoms with Crippen LogP contribution in [-0.4, -0.2) is 46.8 Å². The summed E-state index contributed by atoms with van der Waals surface area (Å²) in [6.45, 7) is 2.14. The third-order valence-corrected chi connectivity index (χ3v) is 4.05. The minimum atomic E-state index is -0.442. The fourth-order valence-corrected chi connectivity index (χ4v) is 2.52. The predicted molar refractivity (Wildman–Crippen MR) is 93.4 cm³/mol. The number of aromatic nitrogens is 3. The first-order chi connectivity index (χ1) is 12.0. The number of hydrogen-bond donors (Lipinski definition) is 2. The number of nitrogens with one attached hydrogen (secondary N) is 1. The molecule has 0 unspecified atom stereocenters. The van der Waals surface area contributed by atoms with Gasteiger partial charge in [0.2, 0.25) is 11.1 Å². The summed E-state index contributed by atoms with van der Waals surface area (Å²) >= 11 is 1.03. The second kappa shape index (κ2) is 8.92. The van der Waals surface area contributed by atoms with Crippen LogP contribution in [0.1, 0.15) is 5.69 Å². The van der Waals surface area contributed by atoms with Gasteiger partial charge in [0.25, 0.3) is 5.56 Å². The van der Waals surface area contributed by atoms with E-state index < -0.39 is 5.56 Å². The van der Waals surface area contributed by atoms with Crippen LogP contribution < -0.4 is 26.2 Å². The van der Waals surface area contributed by atoms with Crippen LogP contribution in [0.15, 0.2) is 34.2 Å². The number of nitrogens with two attached hydrogens (primary N) is 1. The second-order valence-electron chi connectivity index (χ2n) is 4.88. The molecule has 1 aromatic carbocycles. The molecule has 0 saturated heterocycles. The van der Waals surface area contributed by atoms with Crippen LogP contribution in [0.25, 0.3) is 0 Å². The van der Waals surface area contributed by atoms with Crippen molar-refractivity contribution in [3.8, 4) is 11.5 Å². The van der Waals surface area contributed by atoms with Gasteiger partial charge >= 0.3 is 0 Å². The van der Waals surface area contributed by atoms with Crippen LogP contribution in [0.5, 0.6) is 11.5 Å². The Morgan fingerprint density at radius 2 is 2.04 bits per heavy atom. The number of rotatable bonds is 8. The molecule has 2 rings (SSSR count). The third kappa shape index (κ3) is 5.11. The number of nitrogens with zero attached hydrogens (tertiary/aromatic N) is 3. The predicted octanol–water partition coefficient (Wildman–Crippen LogP) is -0.0436. The van der Waals surface area contributed by atoms with Crippen molar-refractivity contribution >= 4 is 17.7 Å². The Hall–Kier alpha value is -2.75. The minimum Gasteiger partial charge on any atom is -0.493 e. The molecule has 3 N–H and O–H groups in total. The average molecular weight is 365 g/mol. The van der Waals surface area contributed by atoms with E-state index in [1.807, 2.05) is 12.1 Å². The summed E-state index contributed by atoms with van der Waals surface area (Å²) in [7, 11) is 1.56. The van der Waals surface area contributed by atoms with Crippen LogP contribution in [-0.2, 0) is 4.79 Å². The van der Waals surface area contributed by atoms with Gasteiger partial charge in [-0.05, 0) is 19.1 Å². The number of amides is 1. The highest BCUT2D eigenvalue weighted by Crippen LogP contribution is 2.25. The standard InChI is InChI=1S/C15H19N5O4S/c1-10-14(22)20(16)15(19-18-10)25-9-13(21)17-7-8-24-12-6-4-3-5-11(12)23-2/h3-6H,7-9,16H2,1-2H3,(H,17,21). The first kappa shape index (κ1) is 18.6. The van der Waals surface area contributed by atoms with Crippen LogP contribution >= 0.6 is 11.8 Å². The molecule has 1 aromatic heterocycles. The maximum absolute atomic E-state index is 11.8. The lowest BCUT2D eigenvalue weighted by Gasteiger charge is -2.11. The van der Waals surface area contributed by atoms with Crippen molar-refractivity contribution in [3.63, 3.8) is 0 Å². The number of thioether (sulfide) groups is 1. The molecule has 25 heavy (non-hydrogen) atoms. The van der Waals surface area contributed by atoms with Gasteiger partial charge in [-0.25, -0.2) is 0 Å². The van der Waals surface area contributed by atoms with E-state index in [0.29, 0.717) is 24.7 Å². The lowest BCUT2D eigenvalue weighted by Crippen LogP contribution is -2.33. The molecule has 2 aromatic rings. The molecule has 1 amide bonds. The van der Waals surface area contributed by atoms with Crippen LogP contribution in [0, 0.1) is 6.92 Å². The molecule has 0 aliphatic carbocycles. The van der Waals surface area contributed by atoms with E-state index in [4.69, 9.17) is 15.3 Å². The number of carbonyl (C=O) groups excluding carboxylic acids is 1. The van der Waals surface area contributed by atoms with Crippen molar-refractivity contribution < 1.29 is 14.3 Å². The molecule has 0 aliphatic heterocycles. The van der Waals surface area contributed by atoms with E-state index in [0.717, 1.165) is 16.4 Å². The molecule has 0 aliphatic rings. The highest BCUT2D eigenvalue weighted by Gasteiger charge is 2.10. The summed E-state index contributed by atoms with van der Waals surface area (Å²) in [5.74, 6) is 6.66. The molecule has 9 nitrogen and oxygen atoms in total. The van der Waals surface area contributed by atoms with E-state index in [-0.39, 0.29) is 22.5 Å². The van der Waals surface area contributed by atoms with Crippen LogP contribution in [0.2, 0.25) is 0 Å². The zero-order chi connectivity index (χ0) is 18.2. The van der Waals surface area contributed by atoms with Gasteiger partial charge in [-0.1, -0.05) is 23.9 Å². The van der Waals surface area contributed by atoms with Crippen LogP contribution in [0.4, 0.5) is 0 Å². The average Bonchev–Trinajstić information content (AvgIpc) is 2.63. The molecule has 0 atom stereocenters. The smallest absolute Gasteiger partial charge is 0.294 e. The van der Waals surface area contributed by atoms with E-state index in [1.54, 1.807) is 19.2 Å². The maximum Gasteiger partial charge on any atom is 0.294 e. The number of aryl methyl sites for hydroxylation is 1. The second-order valence-corrected chi connectivity index (χ2v) is 5.82. The molecule has 1 heterocycles. The van der Waals surface area contributed by atoms with Crippen molar-refractivity contribution in [1.29, 1.82) is 0 Å². The zero-order valence-electron chi connectivity index (χ0n) is 13.9. The van der Waals surface area contributed by atoms with Crippen molar-refractivity contribution in [2.24, 2.45) is 0 Å². The SMILES string of the molecule is COc1ccccc1OCCNC(=O)CSc1nnc(C)c(=O)n1N. The van der Waals surface area contributed by atoms with E-state index >= 15 is 0 Å². The third-order valence-electron chi connectivity index (χ3n) is 3.10. The van der Waals surface area contributed by atoms with Gasteiger partial charge in [0.1, 0.15) is 12.3 Å². The summed E-state index contributed by atoms with van der Waals surface area (Å²) in [6, 6.07) is 7.25. The van der Waals surface area contributed by atoms with E-state index in [2.05, 4.69) is 15.5 Å². The molecule has 0 saturated carbocycles. The van der Waals surface area contributed by atoms with Crippen molar-refractivity contribution in [2.75, 3.05) is 31.9 Å². The number of nitrogen functional groups attached to an aromatic ring is 1. The minimum absolute atomic E-state index is 0.0586. The Morgan fingerprint density at radius 3 is 2.76 bits per heavy atom. The molecular weight excluding hydrogens is 346 g/mol. The monoisotopic (exact) mass is 365 g/mol. The normalized spacial score (nSPS) is 10.3. The molecule has 0 fully saturated rings. The highest BCUT2D eigenvalue weighted by atomic mass is 32.2.